The van der Waals surface area contributed by atoms with Crippen LogP contribution in [0.25, 0.3) is 0 Å². The number of phenols is 1. The van der Waals surface area contributed by atoms with Crippen molar-refractivity contribution in [1.82, 2.24) is 0 Å². The molecule has 0 fully saturated rings. The molecule has 0 spiro atoms. The van der Waals surface area contributed by atoms with E-state index in [1.54, 1.807) is 18.2 Å². The van der Waals surface area contributed by atoms with E-state index in [1.807, 2.05) is 0 Å². The summed E-state index contributed by atoms with van der Waals surface area (Å²) in [5, 5.41) is 23.7. The summed E-state index contributed by atoms with van der Waals surface area (Å²) < 4.78 is 0. The Kier molecular flexibility index (Phi) is 3.46. The van der Waals surface area contributed by atoms with E-state index in [9.17, 15) is 19.5 Å². The van der Waals surface area contributed by atoms with Gasteiger partial charge in [-0.3, -0.25) is 9.59 Å². The lowest BCUT2D eigenvalue weighted by atomic mass is 10.1. The monoisotopic (exact) mass is 312 g/mol. The molecular formula is C16H12N2O5. The molecule has 0 unspecified atom stereocenters. The third-order valence-electron chi connectivity index (χ3n) is 3.48. The van der Waals surface area contributed by atoms with Gasteiger partial charge in [-0.2, -0.15) is 0 Å². The van der Waals surface area contributed by atoms with Crippen molar-refractivity contribution in [3.8, 4) is 5.75 Å². The third kappa shape index (κ3) is 2.84. The molecule has 2 aromatic carbocycles. The van der Waals surface area contributed by atoms with E-state index in [1.165, 1.54) is 18.2 Å². The summed E-state index contributed by atoms with van der Waals surface area (Å²) in [5.74, 6) is -2.23. The maximum atomic E-state index is 12.2. The van der Waals surface area contributed by atoms with Crippen LogP contribution >= 0.6 is 0 Å². The number of hydrogen-bond donors (Lipinski definition) is 4. The van der Waals surface area contributed by atoms with E-state index in [-0.39, 0.29) is 23.6 Å². The van der Waals surface area contributed by atoms with Gasteiger partial charge in [-0.05, 0) is 35.9 Å². The van der Waals surface area contributed by atoms with Gasteiger partial charge in [0.1, 0.15) is 11.3 Å². The molecule has 7 heteroatoms. The Morgan fingerprint density at radius 1 is 1.13 bits per heavy atom. The smallest absolute Gasteiger partial charge is 0.339 e. The minimum absolute atomic E-state index is 0.119. The van der Waals surface area contributed by atoms with Gasteiger partial charge in [0.05, 0.1) is 6.42 Å². The first-order valence-corrected chi connectivity index (χ1v) is 6.74. The maximum absolute atomic E-state index is 12.2. The van der Waals surface area contributed by atoms with Gasteiger partial charge in [-0.1, -0.05) is 0 Å². The number of carboxylic acid groups (broad SMARTS) is 1. The molecule has 0 saturated heterocycles. The number of amides is 2. The lowest BCUT2D eigenvalue weighted by Gasteiger charge is -2.08. The van der Waals surface area contributed by atoms with Gasteiger partial charge >= 0.3 is 5.97 Å². The van der Waals surface area contributed by atoms with Crippen LogP contribution in [0.4, 0.5) is 11.4 Å². The van der Waals surface area contributed by atoms with Gasteiger partial charge in [0.25, 0.3) is 5.91 Å². The largest absolute Gasteiger partial charge is 0.507 e. The highest BCUT2D eigenvalue weighted by Gasteiger charge is 2.19. The van der Waals surface area contributed by atoms with Gasteiger partial charge in [-0.25, -0.2) is 4.79 Å². The van der Waals surface area contributed by atoms with E-state index in [4.69, 9.17) is 5.11 Å². The molecule has 23 heavy (non-hydrogen) atoms. The number of rotatable bonds is 3. The van der Waals surface area contributed by atoms with Crippen LogP contribution < -0.4 is 10.6 Å². The zero-order valence-electron chi connectivity index (χ0n) is 11.8. The number of carboxylic acids is 1. The van der Waals surface area contributed by atoms with Crippen LogP contribution in [0.1, 0.15) is 26.3 Å². The van der Waals surface area contributed by atoms with Crippen LogP contribution in [0.5, 0.6) is 5.75 Å². The Morgan fingerprint density at radius 3 is 2.61 bits per heavy atom. The predicted octanol–water partition coefficient (Wildman–Crippen LogP) is 1.84. The first-order chi connectivity index (χ1) is 10.9. The second-order valence-corrected chi connectivity index (χ2v) is 5.09. The van der Waals surface area contributed by atoms with E-state index in [2.05, 4.69) is 10.6 Å². The first-order valence-electron chi connectivity index (χ1n) is 6.74. The average molecular weight is 312 g/mol. The fourth-order valence-electron chi connectivity index (χ4n) is 2.36. The molecule has 0 bridgehead atoms. The fraction of sp³-hybridized carbons (Fsp3) is 0.0625. The molecule has 2 aromatic rings. The lowest BCUT2D eigenvalue weighted by molar-refractivity contribution is -0.115. The standard InChI is InChI=1S/C16H12N2O5/c19-13-7-10(2-3-11(13)16(22)23)17-15(21)8-1-4-12-9(5-8)6-14(20)18-12/h1-5,7,19H,6H2,(H,17,21)(H,18,20)(H,22,23). The number of hydrogen-bond acceptors (Lipinski definition) is 4. The quantitative estimate of drug-likeness (QED) is 0.690. The van der Waals surface area contributed by atoms with E-state index < -0.39 is 17.6 Å². The van der Waals surface area contributed by atoms with Gasteiger partial charge in [0.15, 0.2) is 0 Å². The topological polar surface area (TPSA) is 116 Å². The van der Waals surface area contributed by atoms with Gasteiger partial charge in [0, 0.05) is 23.0 Å². The molecule has 1 aliphatic heterocycles. The van der Waals surface area contributed by atoms with Crippen molar-refractivity contribution >= 4 is 29.2 Å². The molecule has 7 nitrogen and oxygen atoms in total. The Hall–Kier alpha value is -3.35. The molecular weight excluding hydrogens is 300 g/mol. The number of carbonyl (C=O) groups is 3. The maximum Gasteiger partial charge on any atom is 0.339 e. The van der Waals surface area contributed by atoms with E-state index in [0.29, 0.717) is 11.3 Å². The molecule has 0 radical (unpaired) electrons. The van der Waals surface area contributed by atoms with Gasteiger partial charge in [0.2, 0.25) is 5.91 Å². The van der Waals surface area contributed by atoms with Crippen molar-refractivity contribution in [3.63, 3.8) is 0 Å². The normalized spacial score (nSPS) is 12.4. The highest BCUT2D eigenvalue weighted by molar-refractivity contribution is 6.06. The van der Waals surface area contributed by atoms with Crippen molar-refractivity contribution in [1.29, 1.82) is 0 Å². The van der Waals surface area contributed by atoms with E-state index >= 15 is 0 Å². The Labute approximate surface area is 130 Å². The number of carbonyl (C=O) groups excluding carboxylic acids is 2. The van der Waals surface area contributed by atoms with Crippen molar-refractivity contribution < 1.29 is 24.6 Å². The lowest BCUT2D eigenvalue weighted by Crippen LogP contribution is -2.12. The molecule has 0 aromatic heterocycles. The number of benzene rings is 2. The summed E-state index contributed by atoms with van der Waals surface area (Å²) in [6, 6.07) is 8.61. The molecule has 0 atom stereocenters. The third-order valence-corrected chi connectivity index (χ3v) is 3.48. The number of nitrogens with one attached hydrogen (secondary N) is 2. The fourth-order valence-corrected chi connectivity index (χ4v) is 2.36. The van der Waals surface area contributed by atoms with Crippen LogP contribution in [0.3, 0.4) is 0 Å². The highest BCUT2D eigenvalue weighted by atomic mass is 16.4. The predicted molar refractivity (Wildman–Crippen MR) is 81.8 cm³/mol. The zero-order valence-corrected chi connectivity index (χ0v) is 11.8. The van der Waals surface area contributed by atoms with Crippen molar-refractivity contribution in [2.75, 3.05) is 10.6 Å². The highest BCUT2D eigenvalue weighted by Crippen LogP contribution is 2.25. The van der Waals surface area contributed by atoms with E-state index in [0.717, 1.165) is 5.56 Å². The number of anilines is 2. The second-order valence-electron chi connectivity index (χ2n) is 5.09. The summed E-state index contributed by atoms with van der Waals surface area (Å²) in [7, 11) is 0. The summed E-state index contributed by atoms with van der Waals surface area (Å²) in [4.78, 5) is 34.4. The summed E-state index contributed by atoms with van der Waals surface area (Å²) in [6.45, 7) is 0. The molecule has 3 rings (SSSR count). The minimum Gasteiger partial charge on any atom is -0.507 e. The summed E-state index contributed by atoms with van der Waals surface area (Å²) >= 11 is 0. The minimum atomic E-state index is -1.25. The molecule has 2 amide bonds. The number of fused-ring (bicyclic) bond motifs is 1. The summed E-state index contributed by atoms with van der Waals surface area (Å²) in [6.07, 6.45) is 0.227. The SMILES string of the molecule is O=C1Cc2cc(C(=O)Nc3ccc(C(=O)O)c(O)c3)ccc2N1. The van der Waals surface area contributed by atoms with Gasteiger partial charge < -0.3 is 20.8 Å². The zero-order chi connectivity index (χ0) is 16.6. The summed E-state index contributed by atoms with van der Waals surface area (Å²) in [5.41, 5.74) is 1.82. The Balaban J connectivity index is 1.80. The van der Waals surface area contributed by atoms with Crippen LogP contribution in [-0.2, 0) is 11.2 Å². The number of aromatic carboxylic acids is 1. The molecule has 1 aliphatic rings. The molecule has 116 valence electrons. The van der Waals surface area contributed by atoms with Crippen molar-refractivity contribution in [2.45, 2.75) is 6.42 Å². The first kappa shape index (κ1) is 14.6. The van der Waals surface area contributed by atoms with Crippen molar-refractivity contribution in [2.24, 2.45) is 0 Å². The molecule has 1 heterocycles. The van der Waals surface area contributed by atoms with Crippen LogP contribution in [0.15, 0.2) is 36.4 Å². The number of aromatic hydroxyl groups is 1. The van der Waals surface area contributed by atoms with Crippen LogP contribution in [0, 0.1) is 0 Å². The molecule has 0 aliphatic carbocycles. The second kappa shape index (κ2) is 5.45. The molecule has 4 N–H and O–H groups in total. The average Bonchev–Trinajstić information content (AvgIpc) is 2.85. The Morgan fingerprint density at radius 2 is 1.91 bits per heavy atom. The van der Waals surface area contributed by atoms with Crippen LogP contribution in [0.2, 0.25) is 0 Å². The van der Waals surface area contributed by atoms with Crippen LogP contribution in [-0.4, -0.2) is 28.0 Å². The Bertz CT molecular complexity index is 844. The van der Waals surface area contributed by atoms with Crippen molar-refractivity contribution in [3.05, 3.63) is 53.1 Å². The molecule has 0 saturated carbocycles. The van der Waals surface area contributed by atoms with Gasteiger partial charge in [-0.15, -0.1) is 0 Å².